The molecular formula is C76H96N9O17P3S. The van der Waals surface area contributed by atoms with Gasteiger partial charge in [0.1, 0.15) is 45.8 Å². The average Bonchev–Trinajstić information content (AvgIpc) is 1.08. The Labute approximate surface area is 621 Å². The second-order valence-corrected chi connectivity index (χ2v) is 35.2. The van der Waals surface area contributed by atoms with E-state index in [2.05, 4.69) is 66.2 Å². The van der Waals surface area contributed by atoms with E-state index in [9.17, 15) is 56.0 Å². The van der Waals surface area contributed by atoms with Crippen LogP contribution in [-0.2, 0) is 62.6 Å². The number of amides is 3. The lowest BCUT2D eigenvalue weighted by atomic mass is 10.1. The van der Waals surface area contributed by atoms with Crippen LogP contribution in [-0.4, -0.2) is 191 Å². The van der Waals surface area contributed by atoms with E-state index in [-0.39, 0.29) is 86.5 Å². The first-order valence-electron chi connectivity index (χ1n) is 35.0. The highest BCUT2D eigenvalue weighted by Crippen LogP contribution is 2.36. The number of alkyl carbamates (subject to hydrolysis) is 1. The van der Waals surface area contributed by atoms with Crippen LogP contribution < -0.4 is 46.5 Å². The third kappa shape index (κ3) is 31.5. The highest BCUT2D eigenvalue weighted by molar-refractivity contribution is 7.85. The summed E-state index contributed by atoms with van der Waals surface area (Å²) in [5.74, 6) is 19.0. The summed E-state index contributed by atoms with van der Waals surface area (Å²) >= 11 is 0. The van der Waals surface area contributed by atoms with Gasteiger partial charge in [0.05, 0.1) is 22.8 Å². The Bertz CT molecular complexity index is 4470. The number of ether oxygens (including phenoxy) is 4. The van der Waals surface area contributed by atoms with Gasteiger partial charge in [-0.25, -0.2) is 19.7 Å². The molecule has 7 N–H and O–H groups in total. The molecule has 1 fully saturated rings. The van der Waals surface area contributed by atoms with Crippen molar-refractivity contribution in [3.8, 4) is 52.8 Å². The van der Waals surface area contributed by atoms with E-state index in [1.54, 1.807) is 112 Å². The Hall–Kier alpha value is -8.57. The summed E-state index contributed by atoms with van der Waals surface area (Å²) in [6, 6.07) is 29.9. The highest BCUT2D eigenvalue weighted by atomic mass is 32.2. The summed E-state index contributed by atoms with van der Waals surface area (Å²) in [5, 5.41) is 8.18. The largest absolute Gasteiger partial charge is 0.486 e. The Morgan fingerprint density at radius 2 is 0.925 bits per heavy atom. The van der Waals surface area contributed by atoms with Crippen LogP contribution in [0.1, 0.15) is 136 Å². The molecular weight excluding hydrogens is 1440 g/mol. The highest BCUT2D eigenvalue weighted by Gasteiger charge is 2.29. The minimum atomic E-state index is -4.17. The number of Topliss-reactive ketones (excluding diaryl/α,β-unsaturated/α-hetero) is 1. The van der Waals surface area contributed by atoms with Crippen molar-refractivity contribution in [1.82, 2.24) is 45.6 Å². The fourth-order valence-corrected chi connectivity index (χ4v) is 13.3. The maximum Gasteiger partial charge on any atom is 0.407 e. The Morgan fingerprint density at radius 3 is 1.36 bits per heavy atom. The molecule has 1 aliphatic heterocycles. The molecule has 568 valence electrons. The van der Waals surface area contributed by atoms with Crippen LogP contribution in [0.5, 0.6) is 17.2 Å². The van der Waals surface area contributed by atoms with Gasteiger partial charge in [-0.1, -0.05) is 62.2 Å². The van der Waals surface area contributed by atoms with E-state index in [1.807, 2.05) is 13.8 Å². The third-order valence-corrected chi connectivity index (χ3v) is 20.1. The first-order chi connectivity index (χ1) is 50.1. The number of carbonyl (C=O) groups is 4. The molecule has 3 unspecified atom stereocenters. The third-order valence-electron chi connectivity index (χ3n) is 16.1. The first kappa shape index (κ1) is 84.7. The summed E-state index contributed by atoms with van der Waals surface area (Å²) in [7, 11) is -16.2. The number of carbonyl (C=O) groups excluding carboxylic acids is 4. The van der Waals surface area contributed by atoms with E-state index >= 15 is 0 Å². The van der Waals surface area contributed by atoms with Crippen LogP contribution in [0, 0.1) is 35.5 Å². The quantitative estimate of drug-likeness (QED) is 0.00939. The molecule has 6 aromatic rings. The van der Waals surface area contributed by atoms with E-state index in [4.69, 9.17) is 38.5 Å². The van der Waals surface area contributed by atoms with Crippen molar-refractivity contribution in [1.29, 1.82) is 0 Å². The zero-order valence-corrected chi connectivity index (χ0v) is 64.8. The number of pyridine rings is 3. The van der Waals surface area contributed by atoms with E-state index in [0.717, 1.165) is 19.3 Å². The van der Waals surface area contributed by atoms with Gasteiger partial charge in [-0.2, -0.15) is 8.42 Å². The van der Waals surface area contributed by atoms with Crippen LogP contribution in [0.25, 0.3) is 0 Å². The van der Waals surface area contributed by atoms with Crippen molar-refractivity contribution in [2.45, 2.75) is 117 Å². The van der Waals surface area contributed by atoms with Crippen molar-refractivity contribution in [2.75, 3.05) is 97.9 Å². The van der Waals surface area contributed by atoms with Crippen LogP contribution in [0.2, 0.25) is 0 Å². The first-order valence-corrected chi connectivity index (χ1v) is 42.9. The summed E-state index contributed by atoms with van der Waals surface area (Å²) in [6.07, 6.45) is 4.08. The maximum absolute atomic E-state index is 13.7. The molecule has 7 rings (SSSR count). The number of unbranched alkanes of at least 4 members (excludes halogenated alkanes) is 2. The molecule has 0 bridgehead atoms. The summed E-state index contributed by atoms with van der Waals surface area (Å²) < 4.78 is 94.5. The van der Waals surface area contributed by atoms with Gasteiger partial charge < -0.3 is 49.6 Å². The topological polar surface area (TPSA) is 356 Å². The second kappa shape index (κ2) is 40.4. The lowest BCUT2D eigenvalue weighted by Gasteiger charge is -2.35. The predicted molar refractivity (Wildman–Crippen MR) is 407 cm³/mol. The maximum atomic E-state index is 13.7. The number of rotatable bonds is 32. The van der Waals surface area contributed by atoms with Crippen molar-refractivity contribution in [2.24, 2.45) is 0 Å². The number of nitrogens with zero attached hydrogens (tertiary/aromatic N) is 6. The van der Waals surface area contributed by atoms with Gasteiger partial charge in [0.25, 0.3) is 21.9 Å². The minimum absolute atomic E-state index is 0.00864. The smallest absolute Gasteiger partial charge is 0.407 e. The van der Waals surface area contributed by atoms with Crippen molar-refractivity contribution >= 4 is 72.2 Å². The van der Waals surface area contributed by atoms with E-state index < -0.39 is 55.6 Å². The van der Waals surface area contributed by atoms with Crippen LogP contribution in [0.4, 0.5) is 4.79 Å². The lowest BCUT2D eigenvalue weighted by molar-refractivity contribution is -0.123. The molecule has 3 aromatic heterocycles. The number of hydrogen-bond acceptors (Lipinski definition) is 19. The molecule has 1 saturated heterocycles. The SMILES string of the molecule is CCCCC(=O)COc1ccc(C#Cc2cc(CN3CCN(Cc4cc(C#Cc5ccc(OCC(=O)NCCC)cc5)cc(P(C)(=O)O)n4)C[C@@H](CCCCNC(=O)OC(C)(C)C)N(Cc4cc(C#Cc5ccc(OCC(=O)NCCCS(=O)(=O)O)cc5)cc(P(C)(=O)O)n4)CC3)nc(P(C)(=O)O)c2)cc1. The fraction of sp³-hybridized carbons (Fsp3) is 0.434. The monoisotopic (exact) mass is 1530 g/mol. The molecule has 4 heterocycles. The Kier molecular flexibility index (Phi) is 32.3. The van der Waals surface area contributed by atoms with Gasteiger partial charge >= 0.3 is 6.09 Å². The number of hydrogen-bond donors (Lipinski definition) is 7. The molecule has 0 radical (unpaired) electrons. The normalized spacial score (nSPS) is 15.4. The van der Waals surface area contributed by atoms with Crippen molar-refractivity contribution in [3.63, 3.8) is 0 Å². The zero-order chi connectivity index (χ0) is 77.1. The number of ketones is 1. The van der Waals surface area contributed by atoms with Gasteiger partial charge in [-0.3, -0.25) is 47.3 Å². The predicted octanol–water partition coefficient (Wildman–Crippen LogP) is 7.35. The van der Waals surface area contributed by atoms with Crippen LogP contribution in [0.15, 0.2) is 109 Å². The molecule has 4 atom stereocenters. The molecule has 0 saturated carbocycles. The van der Waals surface area contributed by atoms with Gasteiger partial charge in [-0.15, -0.1) is 0 Å². The Morgan fingerprint density at radius 1 is 0.519 bits per heavy atom. The van der Waals surface area contributed by atoms with Crippen molar-refractivity contribution in [3.05, 3.63) is 160 Å². The molecule has 3 aromatic carbocycles. The standard InChI is InChI=1S/C76H96N9O17P3S/c1-9-11-16-66(86)53-99-67-29-23-56(24-30-67)17-20-59-43-62(80-72(46-59)103(6,90)91)49-83-38-39-84(50-63-44-60(47-73(81-63)104(7,92)93)21-18-57-25-31-68(32-26-57)100-54-70(87)77-35-10-2)52-65(15-12-13-36-79-75(89)102-76(3,4)5)85(41-40-83)51-64-45-61(48-74(82-64)105(8,94)95)22-19-58-27-33-69(34-28-58)101-55-71(88)78-37-14-42-106(96,97)98/h23-34,43-48,65H,9-16,35-42,49-55H2,1-8H3,(H,77,87)(H,78,88)(H,79,89)(H,90,91)(H,92,93)(H,94,95)(H,96,97,98)/t65-/m1/s1. The van der Waals surface area contributed by atoms with Gasteiger partial charge in [-0.05, 0) is 162 Å². The summed E-state index contributed by atoms with van der Waals surface area (Å²) in [4.78, 5) is 104. The van der Waals surface area contributed by atoms with Gasteiger partial charge in [0.2, 0.25) is 22.1 Å². The van der Waals surface area contributed by atoms with E-state index in [1.165, 1.54) is 38.2 Å². The van der Waals surface area contributed by atoms with Crippen molar-refractivity contribution < 1.29 is 79.5 Å². The van der Waals surface area contributed by atoms with Gasteiger partial charge in [0, 0.05) is 138 Å². The Balaban J connectivity index is 1.25. The fourth-order valence-electron chi connectivity index (χ4n) is 10.7. The van der Waals surface area contributed by atoms with Gasteiger partial charge in [0.15, 0.2) is 19.0 Å². The molecule has 1 aliphatic rings. The molecule has 0 aliphatic carbocycles. The minimum Gasteiger partial charge on any atom is -0.486 e. The van der Waals surface area contributed by atoms with Crippen LogP contribution in [0.3, 0.4) is 0 Å². The van der Waals surface area contributed by atoms with E-state index in [0.29, 0.717) is 139 Å². The van der Waals surface area contributed by atoms with Crippen LogP contribution >= 0.6 is 22.1 Å². The molecule has 26 nitrogen and oxygen atoms in total. The molecule has 30 heteroatoms. The summed E-state index contributed by atoms with van der Waals surface area (Å²) in [6.45, 7) is 15.6. The zero-order valence-electron chi connectivity index (χ0n) is 61.3. The molecule has 106 heavy (non-hydrogen) atoms. The second-order valence-electron chi connectivity index (χ2n) is 27.0. The molecule has 3 amide bonds. The number of nitrogens with one attached hydrogen (secondary N) is 3. The average molecular weight is 1530 g/mol. The lowest BCUT2D eigenvalue weighted by Crippen LogP contribution is -2.45. The number of aromatic nitrogens is 3. The summed E-state index contributed by atoms with van der Waals surface area (Å²) in [5.41, 5.74) is 3.43. The number of benzene rings is 3. The molecule has 0 spiro atoms.